The lowest BCUT2D eigenvalue weighted by atomic mass is 9.97. The van der Waals surface area contributed by atoms with E-state index in [1.54, 1.807) is 13.8 Å². The van der Waals surface area contributed by atoms with Gasteiger partial charge in [-0.05, 0) is 73.5 Å². The van der Waals surface area contributed by atoms with E-state index < -0.39 is 31.9 Å². The lowest BCUT2D eigenvalue weighted by Gasteiger charge is -2.13. The van der Waals surface area contributed by atoms with Crippen LogP contribution in [0.5, 0.6) is 0 Å². The zero-order valence-electron chi connectivity index (χ0n) is 23.7. The number of fused-ring (bicyclic) bond motifs is 2. The summed E-state index contributed by atoms with van der Waals surface area (Å²) in [6.07, 6.45) is 2.45. The summed E-state index contributed by atoms with van der Waals surface area (Å²) in [6.45, 7) is 3.32. The Morgan fingerprint density at radius 2 is 0.957 bits per heavy atom. The fourth-order valence-corrected chi connectivity index (χ4v) is 7.04. The van der Waals surface area contributed by atoms with Crippen molar-refractivity contribution in [1.29, 1.82) is 0 Å². The third kappa shape index (κ3) is 4.66. The second-order valence-corrected chi connectivity index (χ2v) is 13.5. The number of nitrogens with one attached hydrogen (secondary N) is 2. The predicted molar refractivity (Wildman–Crippen MR) is 159 cm³/mol. The first-order valence-corrected chi connectivity index (χ1v) is 16.3. The smallest absolute Gasteiger partial charge is 0.281 e. The number of hydrogen-bond donors (Lipinski definition) is 2. The van der Waals surface area contributed by atoms with E-state index in [9.17, 15) is 26.4 Å². The Labute approximate surface area is 259 Å². The minimum Gasteiger partial charge on any atom is -0.363 e. The fourth-order valence-electron chi connectivity index (χ4n) is 5.05. The highest BCUT2D eigenvalue weighted by molar-refractivity contribution is 7.93. The zero-order chi connectivity index (χ0) is 32.4. The quantitative estimate of drug-likeness (QED) is 0.248. The van der Waals surface area contributed by atoms with E-state index in [2.05, 4.69) is 39.0 Å². The van der Waals surface area contributed by atoms with Crippen molar-refractivity contribution in [3.8, 4) is 0 Å². The van der Waals surface area contributed by atoms with Crippen LogP contribution >= 0.6 is 0 Å². The van der Waals surface area contributed by atoms with Gasteiger partial charge in [0, 0.05) is 12.1 Å². The lowest BCUT2D eigenvalue weighted by molar-refractivity contribution is 0.0984. The van der Waals surface area contributed by atoms with Crippen molar-refractivity contribution in [1.82, 2.24) is 10.3 Å². The van der Waals surface area contributed by atoms with Crippen molar-refractivity contribution in [3.63, 3.8) is 0 Å². The molecule has 0 saturated carbocycles. The van der Waals surface area contributed by atoms with Crippen LogP contribution in [0.15, 0.2) is 102 Å². The summed E-state index contributed by atoms with van der Waals surface area (Å²) in [6, 6.07) is 13.7. The molecule has 0 saturated heterocycles. The van der Waals surface area contributed by atoms with Crippen molar-refractivity contribution in [2.45, 2.75) is 23.6 Å². The van der Waals surface area contributed by atoms with Gasteiger partial charge in [-0.15, -0.1) is 0 Å². The number of nitrogens with zero attached hydrogens (tertiary/aromatic N) is 6. The van der Waals surface area contributed by atoms with Gasteiger partial charge in [0.2, 0.25) is 0 Å². The van der Waals surface area contributed by atoms with E-state index >= 15 is 0 Å². The maximum atomic E-state index is 13.6. The van der Waals surface area contributed by atoms with Crippen LogP contribution in [0.3, 0.4) is 0 Å². The highest BCUT2D eigenvalue weighted by Gasteiger charge is 2.36. The molecular weight excluding hydrogens is 640 g/mol. The summed E-state index contributed by atoms with van der Waals surface area (Å²) in [7, 11) is -7.93. The molecule has 0 unspecified atom stereocenters. The van der Waals surface area contributed by atoms with Crippen LogP contribution in [0.25, 0.3) is 0 Å². The van der Waals surface area contributed by atoms with Gasteiger partial charge in [0.25, 0.3) is 31.9 Å². The SMILES string of the molecule is Cc1c2c(c(C)c3c1=NN(c1ccc(S(=O)(=O)Nc4ccon4)cc1)C3=O)=NN(c1ccc(S(=O)(=O)Nc3ccon3)cc1)C2=O. The molecule has 0 fully saturated rings. The Hall–Kier alpha value is -5.88. The summed E-state index contributed by atoms with van der Waals surface area (Å²) in [5.41, 5.74) is 1.96. The van der Waals surface area contributed by atoms with Crippen LogP contribution in [-0.4, -0.2) is 39.0 Å². The minimum atomic E-state index is -3.97. The first kappa shape index (κ1) is 28.9. The summed E-state index contributed by atoms with van der Waals surface area (Å²) in [5.74, 6) is -0.929. The van der Waals surface area contributed by atoms with Crippen molar-refractivity contribution in [3.05, 3.63) is 106 Å². The van der Waals surface area contributed by atoms with E-state index in [0.29, 0.717) is 22.5 Å². The molecule has 0 bridgehead atoms. The molecule has 7 rings (SSSR count). The number of aromatic nitrogens is 2. The van der Waals surface area contributed by atoms with Crippen LogP contribution < -0.4 is 30.2 Å². The monoisotopic (exact) mass is 660 g/mol. The molecule has 2 amide bonds. The number of carbonyl (C=O) groups excluding carboxylic acids is 2. The molecule has 232 valence electrons. The molecule has 2 aliphatic heterocycles. The summed E-state index contributed by atoms with van der Waals surface area (Å²) in [4.78, 5) is 27.1. The Morgan fingerprint density at radius 3 is 1.28 bits per heavy atom. The van der Waals surface area contributed by atoms with Crippen molar-refractivity contribution in [2.75, 3.05) is 19.5 Å². The van der Waals surface area contributed by atoms with Crippen molar-refractivity contribution >= 4 is 54.9 Å². The average molecular weight is 661 g/mol. The van der Waals surface area contributed by atoms with Crippen LogP contribution in [0.2, 0.25) is 0 Å². The van der Waals surface area contributed by atoms with Crippen molar-refractivity contribution < 1.29 is 35.5 Å². The molecule has 46 heavy (non-hydrogen) atoms. The molecule has 2 N–H and O–H groups in total. The number of sulfonamides is 2. The van der Waals surface area contributed by atoms with Crippen LogP contribution in [0, 0.1) is 13.8 Å². The first-order chi connectivity index (χ1) is 21.9. The maximum absolute atomic E-state index is 13.6. The second kappa shape index (κ2) is 10.3. The molecule has 16 nitrogen and oxygen atoms in total. The number of anilines is 4. The molecule has 0 spiro atoms. The largest absolute Gasteiger partial charge is 0.363 e. The molecule has 0 radical (unpaired) electrons. The third-order valence-corrected chi connectivity index (χ3v) is 10.0. The van der Waals surface area contributed by atoms with Gasteiger partial charge in [0.05, 0.1) is 32.3 Å². The molecular formula is C28H20N8O8S2. The average Bonchev–Trinajstić information content (AvgIpc) is 3.84. The lowest BCUT2D eigenvalue weighted by Crippen LogP contribution is -2.29. The molecule has 2 aromatic heterocycles. The van der Waals surface area contributed by atoms with E-state index in [4.69, 9.17) is 0 Å². The van der Waals surface area contributed by atoms with Gasteiger partial charge < -0.3 is 9.05 Å². The van der Waals surface area contributed by atoms with Crippen LogP contribution in [-0.2, 0) is 20.0 Å². The van der Waals surface area contributed by atoms with E-state index in [1.165, 1.54) is 73.2 Å². The summed E-state index contributed by atoms with van der Waals surface area (Å²) < 4.78 is 64.6. The van der Waals surface area contributed by atoms with Crippen LogP contribution in [0.4, 0.5) is 23.0 Å². The van der Waals surface area contributed by atoms with E-state index in [0.717, 1.165) is 10.0 Å². The summed E-state index contributed by atoms with van der Waals surface area (Å²) in [5, 5.41) is 18.9. The Morgan fingerprint density at radius 1 is 0.587 bits per heavy atom. The normalized spacial score (nSPS) is 14.1. The third-order valence-electron chi connectivity index (χ3n) is 7.28. The van der Waals surface area contributed by atoms with Gasteiger partial charge in [-0.3, -0.25) is 19.0 Å². The molecule has 5 aromatic rings. The molecule has 18 heteroatoms. The minimum absolute atomic E-state index is 0.0169. The highest BCUT2D eigenvalue weighted by Crippen LogP contribution is 2.28. The molecule has 0 aliphatic carbocycles. The standard InChI is InChI=1S/C28H20N8O8S2/c1-15-23-26(30-35(27(23)37)17-3-7-19(8-4-17)45(39,40)33-21-11-13-43-31-21)16(2)24-25(15)29-36(28(24)38)18-5-9-20(10-6-18)46(41,42)34-22-12-14-44-32-22/h3-14H,1-2H3,(H,31,33)(H,32,34). The van der Waals surface area contributed by atoms with Gasteiger partial charge in [0.15, 0.2) is 11.6 Å². The fraction of sp³-hybridized carbons (Fsp3) is 0.0714. The van der Waals surface area contributed by atoms with Crippen molar-refractivity contribution in [2.24, 2.45) is 10.2 Å². The molecule has 3 aromatic carbocycles. The highest BCUT2D eigenvalue weighted by atomic mass is 32.2. The molecule has 0 atom stereocenters. The number of amides is 2. The topological polar surface area (TPSA) is 210 Å². The Bertz CT molecular complexity index is 2220. The van der Waals surface area contributed by atoms with Gasteiger partial charge in [0.1, 0.15) is 23.2 Å². The Kier molecular flexibility index (Phi) is 6.49. The van der Waals surface area contributed by atoms with E-state index in [1.807, 2.05) is 0 Å². The van der Waals surface area contributed by atoms with Gasteiger partial charge in [-0.25, -0.2) is 16.8 Å². The van der Waals surface area contributed by atoms with Gasteiger partial charge in [-0.1, -0.05) is 10.3 Å². The van der Waals surface area contributed by atoms with Gasteiger partial charge in [-0.2, -0.15) is 20.2 Å². The maximum Gasteiger partial charge on any atom is 0.281 e. The molecule has 4 heterocycles. The molecule has 2 aliphatic rings. The second-order valence-electron chi connectivity index (χ2n) is 10.1. The van der Waals surface area contributed by atoms with Gasteiger partial charge >= 0.3 is 0 Å². The number of hydrogen-bond acceptors (Lipinski definition) is 12. The van der Waals surface area contributed by atoms with Crippen LogP contribution in [0.1, 0.15) is 31.8 Å². The number of rotatable bonds is 8. The summed E-state index contributed by atoms with van der Waals surface area (Å²) >= 11 is 0. The first-order valence-electron chi connectivity index (χ1n) is 13.3. The number of benzene rings is 3. The number of carbonyl (C=O) groups is 2. The predicted octanol–water partition coefficient (Wildman–Crippen LogP) is 2.27. The Balaban J connectivity index is 1.17. The van der Waals surface area contributed by atoms with E-state index in [-0.39, 0.29) is 43.3 Å². The zero-order valence-corrected chi connectivity index (χ0v) is 25.3.